The van der Waals surface area contributed by atoms with Crippen LogP contribution in [0.15, 0.2) is 60.7 Å². The van der Waals surface area contributed by atoms with Gasteiger partial charge in [0, 0.05) is 24.0 Å². The largest absolute Gasteiger partial charge is 0.350 e. The molecule has 4 aromatic rings. The third-order valence-electron chi connectivity index (χ3n) is 4.37. The van der Waals surface area contributed by atoms with Crippen LogP contribution in [-0.4, -0.2) is 19.5 Å². The van der Waals surface area contributed by atoms with Crippen LogP contribution in [0.2, 0.25) is 0 Å². The van der Waals surface area contributed by atoms with Crippen molar-refractivity contribution in [1.82, 2.24) is 19.5 Å². The van der Waals surface area contributed by atoms with Crippen molar-refractivity contribution in [3.8, 4) is 5.95 Å². The highest BCUT2D eigenvalue weighted by atomic mass is 15.2. The molecule has 26 heavy (non-hydrogen) atoms. The Labute approximate surface area is 152 Å². The summed E-state index contributed by atoms with van der Waals surface area (Å²) in [6.07, 6.45) is 0.758. The van der Waals surface area contributed by atoms with Crippen LogP contribution in [0.25, 0.3) is 16.9 Å². The standard InChI is InChI=1S/C21H21N5/c1-3-19-23-20(22-14-16-9-5-4-6-10-16)25-21(24-19)26-15(2)13-17-11-7-8-12-18(17)26/h4-13H,3,14H2,1-2H3,(H,22,23,24,25). The number of para-hydroxylation sites is 1. The third kappa shape index (κ3) is 3.16. The molecule has 0 spiro atoms. The molecule has 0 saturated carbocycles. The van der Waals surface area contributed by atoms with E-state index in [-0.39, 0.29) is 0 Å². The molecule has 2 aromatic carbocycles. The van der Waals surface area contributed by atoms with Crippen LogP contribution in [0.1, 0.15) is 24.0 Å². The molecule has 0 aliphatic carbocycles. The number of aromatic nitrogens is 4. The van der Waals surface area contributed by atoms with E-state index in [0.29, 0.717) is 18.4 Å². The van der Waals surface area contributed by atoms with Crippen molar-refractivity contribution in [3.63, 3.8) is 0 Å². The summed E-state index contributed by atoms with van der Waals surface area (Å²) in [4.78, 5) is 13.9. The molecule has 0 aliphatic rings. The van der Waals surface area contributed by atoms with E-state index in [4.69, 9.17) is 0 Å². The molecular weight excluding hydrogens is 322 g/mol. The molecule has 130 valence electrons. The predicted molar refractivity (Wildman–Crippen MR) is 105 cm³/mol. The summed E-state index contributed by atoms with van der Waals surface area (Å²) in [6.45, 7) is 4.81. The number of rotatable bonds is 5. The van der Waals surface area contributed by atoms with Crippen molar-refractivity contribution in [2.45, 2.75) is 26.8 Å². The second kappa shape index (κ2) is 6.96. The predicted octanol–water partition coefficient (Wildman–Crippen LogP) is 4.30. The first-order chi connectivity index (χ1) is 12.7. The van der Waals surface area contributed by atoms with Gasteiger partial charge in [-0.3, -0.25) is 4.57 Å². The molecule has 4 rings (SSSR count). The van der Waals surface area contributed by atoms with E-state index in [2.05, 4.69) is 69.0 Å². The van der Waals surface area contributed by atoms with Gasteiger partial charge in [0.25, 0.3) is 0 Å². The Morgan fingerprint density at radius 3 is 2.50 bits per heavy atom. The van der Waals surface area contributed by atoms with Gasteiger partial charge in [-0.05, 0) is 24.6 Å². The lowest BCUT2D eigenvalue weighted by Crippen LogP contribution is -2.12. The topological polar surface area (TPSA) is 55.6 Å². The number of nitrogens with zero attached hydrogens (tertiary/aromatic N) is 4. The van der Waals surface area contributed by atoms with Crippen LogP contribution < -0.4 is 5.32 Å². The summed E-state index contributed by atoms with van der Waals surface area (Å²) in [5.41, 5.74) is 3.40. The summed E-state index contributed by atoms with van der Waals surface area (Å²) >= 11 is 0. The van der Waals surface area contributed by atoms with Gasteiger partial charge in [-0.1, -0.05) is 55.5 Å². The second-order valence-electron chi connectivity index (χ2n) is 6.25. The molecule has 0 fully saturated rings. The van der Waals surface area contributed by atoms with Crippen molar-refractivity contribution in [1.29, 1.82) is 0 Å². The summed E-state index contributed by atoms with van der Waals surface area (Å²) in [5, 5.41) is 4.51. The van der Waals surface area contributed by atoms with E-state index in [1.165, 1.54) is 10.9 Å². The molecule has 0 atom stereocenters. The fraction of sp³-hybridized carbons (Fsp3) is 0.190. The average molecular weight is 343 g/mol. The molecule has 2 aromatic heterocycles. The van der Waals surface area contributed by atoms with Crippen LogP contribution in [0.4, 0.5) is 5.95 Å². The smallest absolute Gasteiger partial charge is 0.239 e. The van der Waals surface area contributed by atoms with Gasteiger partial charge in [0.1, 0.15) is 5.82 Å². The first kappa shape index (κ1) is 16.3. The summed E-state index contributed by atoms with van der Waals surface area (Å²) in [7, 11) is 0. The van der Waals surface area contributed by atoms with Crippen LogP contribution in [0.3, 0.4) is 0 Å². The minimum absolute atomic E-state index is 0.605. The van der Waals surface area contributed by atoms with Gasteiger partial charge < -0.3 is 5.32 Å². The summed E-state index contributed by atoms with van der Waals surface area (Å²) in [6, 6.07) is 20.7. The van der Waals surface area contributed by atoms with Gasteiger partial charge in [0.05, 0.1) is 5.52 Å². The fourth-order valence-electron chi connectivity index (χ4n) is 3.08. The number of fused-ring (bicyclic) bond motifs is 1. The molecule has 0 amide bonds. The highest BCUT2D eigenvalue weighted by Gasteiger charge is 2.12. The van der Waals surface area contributed by atoms with Crippen molar-refractivity contribution in [3.05, 3.63) is 77.7 Å². The molecular formula is C21H21N5. The van der Waals surface area contributed by atoms with Gasteiger partial charge in [0.2, 0.25) is 11.9 Å². The maximum Gasteiger partial charge on any atom is 0.239 e. The second-order valence-corrected chi connectivity index (χ2v) is 6.25. The zero-order valence-electron chi connectivity index (χ0n) is 15.0. The van der Waals surface area contributed by atoms with Gasteiger partial charge in [-0.15, -0.1) is 0 Å². The van der Waals surface area contributed by atoms with E-state index in [1.807, 2.05) is 30.3 Å². The Balaban J connectivity index is 1.73. The molecule has 0 unspecified atom stereocenters. The Morgan fingerprint density at radius 1 is 0.923 bits per heavy atom. The molecule has 0 aliphatic heterocycles. The van der Waals surface area contributed by atoms with Gasteiger partial charge in [-0.25, -0.2) is 0 Å². The van der Waals surface area contributed by atoms with E-state index >= 15 is 0 Å². The van der Waals surface area contributed by atoms with Gasteiger partial charge in [-0.2, -0.15) is 15.0 Å². The van der Waals surface area contributed by atoms with E-state index in [1.54, 1.807) is 0 Å². The first-order valence-corrected chi connectivity index (χ1v) is 8.85. The minimum atomic E-state index is 0.605. The van der Waals surface area contributed by atoms with Crippen molar-refractivity contribution in [2.24, 2.45) is 0 Å². The monoisotopic (exact) mass is 343 g/mol. The van der Waals surface area contributed by atoms with E-state index < -0.39 is 0 Å². The normalized spacial score (nSPS) is 11.0. The van der Waals surface area contributed by atoms with Crippen LogP contribution >= 0.6 is 0 Å². The third-order valence-corrected chi connectivity index (χ3v) is 4.37. The minimum Gasteiger partial charge on any atom is -0.350 e. The lowest BCUT2D eigenvalue weighted by molar-refractivity contribution is 0.832. The molecule has 1 N–H and O–H groups in total. The van der Waals surface area contributed by atoms with Gasteiger partial charge >= 0.3 is 0 Å². The highest BCUT2D eigenvalue weighted by Crippen LogP contribution is 2.22. The van der Waals surface area contributed by atoms with Crippen molar-refractivity contribution in [2.75, 3.05) is 5.32 Å². The molecule has 5 nitrogen and oxygen atoms in total. The Morgan fingerprint density at radius 2 is 1.69 bits per heavy atom. The van der Waals surface area contributed by atoms with E-state index in [0.717, 1.165) is 23.5 Å². The maximum atomic E-state index is 4.68. The maximum absolute atomic E-state index is 4.68. The highest BCUT2D eigenvalue weighted by molar-refractivity contribution is 5.82. The number of benzene rings is 2. The number of aryl methyl sites for hydroxylation is 2. The van der Waals surface area contributed by atoms with Crippen molar-refractivity contribution < 1.29 is 0 Å². The van der Waals surface area contributed by atoms with E-state index in [9.17, 15) is 0 Å². The zero-order chi connectivity index (χ0) is 17.9. The fourth-order valence-corrected chi connectivity index (χ4v) is 3.08. The summed E-state index contributed by atoms with van der Waals surface area (Å²) in [5.74, 6) is 2.04. The molecule has 2 heterocycles. The average Bonchev–Trinajstić information content (AvgIpc) is 3.02. The lowest BCUT2D eigenvalue weighted by atomic mass is 10.2. The summed E-state index contributed by atoms with van der Waals surface area (Å²) < 4.78 is 2.09. The number of hydrogen-bond acceptors (Lipinski definition) is 4. The molecule has 5 heteroatoms. The molecule has 0 radical (unpaired) electrons. The zero-order valence-corrected chi connectivity index (χ0v) is 15.0. The number of hydrogen-bond donors (Lipinski definition) is 1. The van der Waals surface area contributed by atoms with Crippen LogP contribution in [0.5, 0.6) is 0 Å². The van der Waals surface area contributed by atoms with Gasteiger partial charge in [0.15, 0.2) is 0 Å². The van der Waals surface area contributed by atoms with Crippen LogP contribution in [0, 0.1) is 6.92 Å². The Kier molecular flexibility index (Phi) is 4.35. The van der Waals surface area contributed by atoms with Crippen molar-refractivity contribution >= 4 is 16.9 Å². The molecule has 0 saturated heterocycles. The Hall–Kier alpha value is -3.21. The molecule has 0 bridgehead atoms. The Bertz CT molecular complexity index is 1040. The number of nitrogens with one attached hydrogen (secondary N) is 1. The SMILES string of the molecule is CCc1nc(NCc2ccccc2)nc(-n2c(C)cc3ccccc32)n1. The quantitative estimate of drug-likeness (QED) is 0.587. The number of anilines is 1. The lowest BCUT2D eigenvalue weighted by Gasteiger charge is -2.11. The van der Waals surface area contributed by atoms with Crippen LogP contribution in [-0.2, 0) is 13.0 Å². The first-order valence-electron chi connectivity index (χ1n) is 8.85.